The number of benzene rings is 2. The van der Waals surface area contributed by atoms with Gasteiger partial charge in [-0.25, -0.2) is 9.37 Å². The highest BCUT2D eigenvalue weighted by molar-refractivity contribution is 7.22. The second kappa shape index (κ2) is 5.94. The third-order valence-electron chi connectivity index (χ3n) is 3.37. The third-order valence-corrected chi connectivity index (χ3v) is 4.29. The monoisotopic (exact) mass is 331 g/mol. The zero-order valence-electron chi connectivity index (χ0n) is 12.2. The van der Waals surface area contributed by atoms with Crippen LogP contribution in [0.15, 0.2) is 36.4 Å². The summed E-state index contributed by atoms with van der Waals surface area (Å²) in [6.07, 6.45) is -0.535. The van der Waals surface area contributed by atoms with Crippen molar-refractivity contribution >= 4 is 38.3 Å². The molecule has 0 saturated heterocycles. The number of nitrogens with two attached hydrogens (primary N) is 1. The molecule has 118 valence electrons. The van der Waals surface area contributed by atoms with Crippen LogP contribution >= 0.6 is 11.3 Å². The Bertz CT molecular complexity index is 875. The number of aliphatic hydroxyl groups excluding tert-OH is 1. The van der Waals surface area contributed by atoms with Crippen molar-refractivity contribution in [3.8, 4) is 0 Å². The number of thiazole rings is 1. The number of aliphatic hydroxyl groups is 1. The lowest BCUT2D eigenvalue weighted by molar-refractivity contribution is 0.100. The molecule has 23 heavy (non-hydrogen) atoms. The van der Waals surface area contributed by atoms with Crippen molar-refractivity contribution in [2.45, 2.75) is 13.0 Å². The van der Waals surface area contributed by atoms with Crippen LogP contribution in [0.5, 0.6) is 0 Å². The molecule has 0 spiro atoms. The highest BCUT2D eigenvalue weighted by Crippen LogP contribution is 2.31. The minimum Gasteiger partial charge on any atom is -0.389 e. The zero-order chi connectivity index (χ0) is 16.6. The number of nitrogens with one attached hydrogen (secondary N) is 1. The van der Waals surface area contributed by atoms with E-state index in [0.717, 1.165) is 17.3 Å². The molecular weight excluding hydrogens is 317 g/mol. The van der Waals surface area contributed by atoms with Crippen molar-refractivity contribution in [3.05, 3.63) is 53.3 Å². The number of carbonyl (C=O) groups is 1. The smallest absolute Gasteiger partial charge is 0.251 e. The van der Waals surface area contributed by atoms with E-state index in [-0.39, 0.29) is 5.56 Å². The maximum absolute atomic E-state index is 13.5. The van der Waals surface area contributed by atoms with Gasteiger partial charge >= 0.3 is 0 Å². The predicted octanol–water partition coefficient (Wildman–Crippen LogP) is 3.33. The van der Waals surface area contributed by atoms with Gasteiger partial charge in [0.2, 0.25) is 0 Å². The van der Waals surface area contributed by atoms with E-state index in [1.165, 1.54) is 17.4 Å². The second-order valence-corrected chi connectivity index (χ2v) is 6.14. The first-order valence-electron chi connectivity index (χ1n) is 6.89. The lowest BCUT2D eigenvalue weighted by Gasteiger charge is -2.06. The Labute approximate surface area is 135 Å². The van der Waals surface area contributed by atoms with Gasteiger partial charge < -0.3 is 16.2 Å². The summed E-state index contributed by atoms with van der Waals surface area (Å²) >= 11 is 1.23. The number of anilines is 2. The summed E-state index contributed by atoms with van der Waals surface area (Å²) in [7, 11) is 0. The second-order valence-electron chi connectivity index (χ2n) is 5.11. The summed E-state index contributed by atoms with van der Waals surface area (Å²) in [4.78, 5) is 15.7. The van der Waals surface area contributed by atoms with Crippen molar-refractivity contribution in [1.82, 2.24) is 4.98 Å². The van der Waals surface area contributed by atoms with Gasteiger partial charge in [-0.2, -0.15) is 0 Å². The molecule has 5 nitrogen and oxygen atoms in total. The molecule has 0 aliphatic rings. The Morgan fingerprint density at radius 3 is 2.65 bits per heavy atom. The van der Waals surface area contributed by atoms with E-state index >= 15 is 0 Å². The molecular formula is C16H14FN3O2S. The van der Waals surface area contributed by atoms with E-state index < -0.39 is 17.8 Å². The predicted molar refractivity (Wildman–Crippen MR) is 88.5 cm³/mol. The van der Waals surface area contributed by atoms with Gasteiger partial charge in [0.05, 0.1) is 21.9 Å². The molecule has 1 atom stereocenters. The molecule has 0 saturated carbocycles. The fourth-order valence-electron chi connectivity index (χ4n) is 2.21. The summed E-state index contributed by atoms with van der Waals surface area (Å²) in [5, 5.41) is 13.1. The molecule has 1 amide bonds. The average Bonchev–Trinajstić information content (AvgIpc) is 2.88. The summed E-state index contributed by atoms with van der Waals surface area (Å²) in [6.45, 7) is 1.69. The number of aromatic nitrogens is 1. The Hall–Kier alpha value is -2.51. The van der Waals surface area contributed by atoms with E-state index in [0.29, 0.717) is 15.3 Å². The molecule has 1 unspecified atom stereocenters. The fourth-order valence-corrected chi connectivity index (χ4v) is 3.14. The molecule has 7 heteroatoms. The number of halogens is 1. The van der Waals surface area contributed by atoms with Crippen molar-refractivity contribution in [1.29, 1.82) is 0 Å². The van der Waals surface area contributed by atoms with Crippen LogP contribution in [0.2, 0.25) is 0 Å². The Morgan fingerprint density at radius 2 is 2.04 bits per heavy atom. The lowest BCUT2D eigenvalue weighted by atomic mass is 10.1. The number of hydrogen-bond acceptors (Lipinski definition) is 5. The molecule has 1 heterocycles. The molecule has 3 aromatic rings. The molecule has 0 aliphatic carbocycles. The molecule has 1 aromatic heterocycles. The van der Waals surface area contributed by atoms with Crippen molar-refractivity contribution in [2.24, 2.45) is 5.73 Å². The largest absolute Gasteiger partial charge is 0.389 e. The first kappa shape index (κ1) is 15.4. The van der Waals surface area contributed by atoms with Crippen LogP contribution in [0.25, 0.3) is 10.2 Å². The summed E-state index contributed by atoms with van der Waals surface area (Å²) < 4.78 is 14.1. The zero-order valence-corrected chi connectivity index (χ0v) is 13.0. The van der Waals surface area contributed by atoms with Gasteiger partial charge in [-0.3, -0.25) is 4.79 Å². The number of hydrogen-bond donors (Lipinski definition) is 3. The number of rotatable bonds is 4. The number of nitrogens with zero attached hydrogens (tertiary/aromatic N) is 1. The summed E-state index contributed by atoms with van der Waals surface area (Å²) in [5.74, 6) is -1.24. The lowest BCUT2D eigenvalue weighted by Crippen LogP contribution is -2.11. The topological polar surface area (TPSA) is 88.2 Å². The maximum Gasteiger partial charge on any atom is 0.251 e. The normalized spacial score (nSPS) is 12.3. The molecule has 0 radical (unpaired) electrons. The molecule has 0 fully saturated rings. The van der Waals surface area contributed by atoms with Crippen LogP contribution in [0.4, 0.5) is 15.2 Å². The van der Waals surface area contributed by atoms with Gasteiger partial charge in [0.1, 0.15) is 5.82 Å². The van der Waals surface area contributed by atoms with Gasteiger partial charge in [0.25, 0.3) is 5.91 Å². The standard InChI is InChI=1S/C16H14FN3O2S/c1-8(21)9-2-4-11(5-3-9)19-16-20-14-12(15(18)22)6-10(17)7-13(14)23-16/h2-8,21H,1H3,(H2,18,22)(H,19,20). The minimum atomic E-state index is -0.715. The molecule has 0 bridgehead atoms. The highest BCUT2D eigenvalue weighted by Gasteiger charge is 2.14. The molecule has 4 N–H and O–H groups in total. The van der Waals surface area contributed by atoms with Crippen LogP contribution in [0, 0.1) is 5.82 Å². The Kier molecular flexibility index (Phi) is 3.97. The van der Waals surface area contributed by atoms with Gasteiger partial charge in [-0.05, 0) is 36.8 Å². The van der Waals surface area contributed by atoms with Crippen molar-refractivity contribution < 1.29 is 14.3 Å². The van der Waals surface area contributed by atoms with Crippen LogP contribution < -0.4 is 11.1 Å². The number of carbonyl (C=O) groups excluding carboxylic acids is 1. The molecule has 3 rings (SSSR count). The van der Waals surface area contributed by atoms with E-state index in [1.54, 1.807) is 19.1 Å². The van der Waals surface area contributed by atoms with Crippen molar-refractivity contribution in [2.75, 3.05) is 5.32 Å². The number of primary amides is 1. The minimum absolute atomic E-state index is 0.0637. The van der Waals surface area contributed by atoms with Gasteiger partial charge in [0, 0.05) is 5.69 Å². The Balaban J connectivity index is 1.94. The van der Waals surface area contributed by atoms with Crippen molar-refractivity contribution in [3.63, 3.8) is 0 Å². The van der Waals surface area contributed by atoms with Gasteiger partial charge in [0.15, 0.2) is 5.13 Å². The Morgan fingerprint density at radius 1 is 1.35 bits per heavy atom. The van der Waals surface area contributed by atoms with Gasteiger partial charge in [-0.15, -0.1) is 0 Å². The van der Waals surface area contributed by atoms with E-state index in [2.05, 4.69) is 10.3 Å². The summed E-state index contributed by atoms with van der Waals surface area (Å²) in [6, 6.07) is 9.63. The number of fused-ring (bicyclic) bond motifs is 1. The fraction of sp³-hybridized carbons (Fsp3) is 0.125. The highest BCUT2D eigenvalue weighted by atomic mass is 32.1. The average molecular weight is 331 g/mol. The first-order chi connectivity index (χ1) is 10.9. The van der Waals surface area contributed by atoms with Crippen LogP contribution in [0.1, 0.15) is 28.9 Å². The number of amides is 1. The van der Waals surface area contributed by atoms with Crippen LogP contribution in [-0.2, 0) is 0 Å². The SMILES string of the molecule is CC(O)c1ccc(Nc2nc3c(C(N)=O)cc(F)cc3s2)cc1. The van der Waals surface area contributed by atoms with Crippen LogP contribution in [0.3, 0.4) is 0 Å². The molecule has 0 aliphatic heterocycles. The van der Waals surface area contributed by atoms with E-state index in [1.807, 2.05) is 12.1 Å². The molecule has 2 aromatic carbocycles. The third kappa shape index (κ3) is 3.15. The first-order valence-corrected chi connectivity index (χ1v) is 7.70. The summed E-state index contributed by atoms with van der Waals surface area (Å²) in [5.41, 5.74) is 7.29. The van der Waals surface area contributed by atoms with Crippen LogP contribution in [-0.4, -0.2) is 16.0 Å². The van der Waals surface area contributed by atoms with Gasteiger partial charge in [-0.1, -0.05) is 23.5 Å². The quantitative estimate of drug-likeness (QED) is 0.684. The van der Waals surface area contributed by atoms with E-state index in [4.69, 9.17) is 5.73 Å². The van der Waals surface area contributed by atoms with E-state index in [9.17, 15) is 14.3 Å². The maximum atomic E-state index is 13.5.